The Morgan fingerprint density at radius 1 is 1.28 bits per heavy atom. The quantitative estimate of drug-likeness (QED) is 0.282. The van der Waals surface area contributed by atoms with Crippen LogP contribution in [0.25, 0.3) is 0 Å². The van der Waals surface area contributed by atoms with Crippen LogP contribution in [-0.4, -0.2) is 12.1 Å². The van der Waals surface area contributed by atoms with Crippen LogP contribution in [-0.2, 0) is 31.2 Å². The molecule has 1 radical (unpaired) electrons. The van der Waals surface area contributed by atoms with Gasteiger partial charge in [0.15, 0.2) is 5.97 Å². The third kappa shape index (κ3) is 21.7. The number of esters is 1. The second-order valence-corrected chi connectivity index (χ2v) is 3.46. The van der Waals surface area contributed by atoms with Crippen molar-refractivity contribution in [3.8, 4) is 0 Å². The van der Waals surface area contributed by atoms with Gasteiger partial charge >= 0.3 is 21.7 Å². The topological polar surface area (TPSA) is 26.3 Å². The molecule has 0 N–H and O–H groups in total. The van der Waals surface area contributed by atoms with E-state index in [1.165, 1.54) is 0 Å². The van der Waals surface area contributed by atoms with E-state index < -0.39 is 0 Å². The molecule has 0 spiro atoms. The summed E-state index contributed by atoms with van der Waals surface area (Å²) in [4.78, 5) is 10.7. The Bertz CT molecular complexity index is 219. The molecule has 1 aliphatic rings. The normalized spacial score (nSPS) is 9.61. The Morgan fingerprint density at radius 2 is 1.78 bits per heavy atom. The number of halogens is 3. The minimum atomic E-state index is -0.204. The standard InChI is InChI=1S/C7H13O2.C5H5.3ClH.Ti/c1-5(2)7(8)9-6(3)4;1-2-4-5-3-1;;;;/h6H,1-4H3;1-3H,4H2;3*1H;/q2*-1;;;;+3/p-3. The molecule has 0 aliphatic heterocycles. The van der Waals surface area contributed by atoms with Crippen LogP contribution in [0.5, 0.6) is 0 Å². The zero-order valence-electron chi connectivity index (χ0n) is 11.0. The zero-order chi connectivity index (χ0) is 11.0. The molecule has 0 aromatic carbocycles. The second kappa shape index (κ2) is 19.7. The van der Waals surface area contributed by atoms with Crippen LogP contribution < -0.4 is 37.2 Å². The first kappa shape index (κ1) is 31.0. The average Bonchev–Trinajstić information content (AvgIpc) is 2.59. The van der Waals surface area contributed by atoms with E-state index in [0.717, 1.165) is 6.42 Å². The Labute approximate surface area is 144 Å². The molecule has 0 amide bonds. The number of allylic oxidation sites excluding steroid dienone is 4. The summed E-state index contributed by atoms with van der Waals surface area (Å²) in [6.45, 7) is 7.15. The molecular weight excluding hydrogens is 330 g/mol. The molecule has 0 saturated carbocycles. The van der Waals surface area contributed by atoms with E-state index in [-0.39, 0.29) is 71.0 Å². The van der Waals surface area contributed by atoms with E-state index in [1.807, 2.05) is 26.0 Å². The van der Waals surface area contributed by atoms with Crippen molar-refractivity contribution in [2.24, 2.45) is 0 Å². The van der Waals surface area contributed by atoms with Crippen LogP contribution in [0.2, 0.25) is 0 Å². The van der Waals surface area contributed by atoms with Gasteiger partial charge in [-0.15, -0.1) is 6.42 Å². The molecule has 18 heavy (non-hydrogen) atoms. The Morgan fingerprint density at radius 3 is 1.89 bits per heavy atom. The molecule has 2 nitrogen and oxygen atoms in total. The SMILES string of the molecule is C[C-](C)C(=O)OC(C)C.[C-]1=CC=CC1.[Cl-].[Cl-].[Cl-].[Ti+3]. The minimum absolute atomic E-state index is 0. The summed E-state index contributed by atoms with van der Waals surface area (Å²) in [5, 5.41) is 0. The second-order valence-electron chi connectivity index (χ2n) is 3.46. The predicted octanol–water partition coefficient (Wildman–Crippen LogP) is -6.13. The average molecular weight is 348 g/mol. The summed E-state index contributed by atoms with van der Waals surface area (Å²) in [5.74, 6) is 0.494. The molecule has 1 rings (SSSR count). The Balaban J connectivity index is -0.0000000552. The molecule has 6 heteroatoms. The van der Waals surface area contributed by atoms with Gasteiger partial charge in [0.05, 0.1) is 6.10 Å². The Hall–Kier alpha value is 0.404. The summed E-state index contributed by atoms with van der Waals surface area (Å²) in [5.41, 5.74) is 0. The van der Waals surface area contributed by atoms with Gasteiger partial charge < -0.3 is 42.0 Å². The van der Waals surface area contributed by atoms with Crippen molar-refractivity contribution < 1.29 is 68.5 Å². The minimum Gasteiger partial charge on any atom is -1.00 e. The molecule has 0 aromatic heterocycles. The summed E-state index contributed by atoms with van der Waals surface area (Å²) in [7, 11) is 0. The third-order valence-electron chi connectivity index (χ3n) is 1.34. The maximum atomic E-state index is 10.7. The Kier molecular flexibility index (Phi) is 34.0. The largest absolute Gasteiger partial charge is 3.00 e. The van der Waals surface area contributed by atoms with E-state index >= 15 is 0 Å². The fourth-order valence-corrected chi connectivity index (χ4v) is 0.672. The van der Waals surface area contributed by atoms with E-state index in [2.05, 4.69) is 12.2 Å². The van der Waals surface area contributed by atoms with Gasteiger partial charge in [0, 0.05) is 0 Å². The van der Waals surface area contributed by atoms with Gasteiger partial charge in [-0.2, -0.15) is 19.9 Å². The van der Waals surface area contributed by atoms with Gasteiger partial charge in [-0.25, -0.2) is 12.2 Å². The number of carbonyl (C=O) groups is 1. The number of carbonyl (C=O) groups excluding carboxylic acids is 1. The molecule has 0 bridgehead atoms. The van der Waals surface area contributed by atoms with Gasteiger partial charge in [0.2, 0.25) is 0 Å². The molecule has 0 atom stereocenters. The number of hydrogen-bond donors (Lipinski definition) is 0. The van der Waals surface area contributed by atoms with Crippen LogP contribution in [0.1, 0.15) is 34.1 Å². The van der Waals surface area contributed by atoms with Gasteiger partial charge in [-0.05, 0) is 13.8 Å². The van der Waals surface area contributed by atoms with E-state index in [4.69, 9.17) is 4.74 Å². The summed E-state index contributed by atoms with van der Waals surface area (Å²) < 4.78 is 4.84. The maximum Gasteiger partial charge on any atom is 3.00 e. The fraction of sp³-hybridized carbons (Fsp3) is 0.500. The molecule has 0 unspecified atom stereocenters. The maximum absolute atomic E-state index is 10.7. The third-order valence-corrected chi connectivity index (χ3v) is 1.34. The van der Waals surface area contributed by atoms with E-state index in [1.54, 1.807) is 13.8 Å². The van der Waals surface area contributed by atoms with Crippen LogP contribution in [0, 0.1) is 12.0 Å². The first-order chi connectivity index (χ1) is 6.54. The van der Waals surface area contributed by atoms with Gasteiger partial charge in [-0.3, -0.25) is 16.8 Å². The van der Waals surface area contributed by atoms with Crippen molar-refractivity contribution in [1.29, 1.82) is 0 Å². The molecule has 0 saturated heterocycles. The van der Waals surface area contributed by atoms with E-state index in [0.29, 0.717) is 5.92 Å². The van der Waals surface area contributed by atoms with Crippen molar-refractivity contribution in [3.63, 3.8) is 0 Å². The monoisotopic (exact) mass is 347 g/mol. The van der Waals surface area contributed by atoms with Crippen LogP contribution in [0.3, 0.4) is 0 Å². The van der Waals surface area contributed by atoms with Crippen molar-refractivity contribution in [1.82, 2.24) is 0 Å². The van der Waals surface area contributed by atoms with Crippen molar-refractivity contribution >= 4 is 5.97 Å². The first-order valence-electron chi connectivity index (χ1n) is 4.77. The van der Waals surface area contributed by atoms with Crippen molar-refractivity contribution in [3.05, 3.63) is 30.2 Å². The van der Waals surface area contributed by atoms with Gasteiger partial charge in [0.25, 0.3) is 0 Å². The van der Waals surface area contributed by atoms with E-state index in [9.17, 15) is 4.79 Å². The van der Waals surface area contributed by atoms with Gasteiger partial charge in [0.1, 0.15) is 0 Å². The summed E-state index contributed by atoms with van der Waals surface area (Å²) in [6, 6.07) is 0. The molecule has 0 fully saturated rings. The summed E-state index contributed by atoms with van der Waals surface area (Å²) in [6.07, 6.45) is 9.99. The molecule has 0 heterocycles. The fourth-order valence-electron chi connectivity index (χ4n) is 0.672. The number of hydrogen-bond acceptors (Lipinski definition) is 2. The molecule has 105 valence electrons. The zero-order valence-corrected chi connectivity index (χ0v) is 14.8. The van der Waals surface area contributed by atoms with Crippen molar-refractivity contribution in [2.45, 2.75) is 40.2 Å². The van der Waals surface area contributed by atoms with Gasteiger partial charge in [-0.1, -0.05) is 0 Å². The van der Waals surface area contributed by atoms with Crippen molar-refractivity contribution in [2.75, 3.05) is 0 Å². The first-order valence-corrected chi connectivity index (χ1v) is 4.77. The number of ether oxygens (including phenoxy) is 1. The predicted molar refractivity (Wildman–Crippen MR) is 57.4 cm³/mol. The summed E-state index contributed by atoms with van der Waals surface area (Å²) >= 11 is 0. The smallest absolute Gasteiger partial charge is 1.00 e. The van der Waals surface area contributed by atoms with Crippen LogP contribution in [0.4, 0.5) is 0 Å². The molecule has 1 aliphatic carbocycles. The van der Waals surface area contributed by atoms with Crippen LogP contribution in [0.15, 0.2) is 18.2 Å². The number of rotatable bonds is 2. The molecular formula is C12H18Cl3O2Ti-2. The van der Waals surface area contributed by atoms with Crippen LogP contribution >= 0.6 is 0 Å². The molecule has 0 aromatic rings.